The maximum absolute atomic E-state index is 13.8. The van der Waals surface area contributed by atoms with Gasteiger partial charge in [0.25, 0.3) is 11.8 Å². The van der Waals surface area contributed by atoms with Gasteiger partial charge < -0.3 is 20.1 Å². The first-order valence-corrected chi connectivity index (χ1v) is 16.8. The number of benzene rings is 6. The van der Waals surface area contributed by atoms with Crippen molar-refractivity contribution in [3.63, 3.8) is 0 Å². The minimum atomic E-state index is -0.325. The van der Waals surface area contributed by atoms with E-state index in [0.29, 0.717) is 50.6 Å². The summed E-state index contributed by atoms with van der Waals surface area (Å²) in [5.41, 5.74) is 3.95. The molecule has 0 radical (unpaired) electrons. The second kappa shape index (κ2) is 14.0. The van der Waals surface area contributed by atoms with Crippen LogP contribution in [0.2, 0.25) is 0 Å². The average molecular weight is 681 g/mol. The number of carbonyl (C=O) groups is 2. The van der Waals surface area contributed by atoms with E-state index >= 15 is 0 Å². The fourth-order valence-electron chi connectivity index (χ4n) is 6.22. The van der Waals surface area contributed by atoms with Crippen molar-refractivity contribution in [2.24, 2.45) is 0 Å². The van der Waals surface area contributed by atoms with Gasteiger partial charge in [-0.1, -0.05) is 91.5 Å². The van der Waals surface area contributed by atoms with Gasteiger partial charge in [0.2, 0.25) is 0 Å². The Morgan fingerprint density at radius 3 is 1.33 bits per heavy atom. The maximum Gasteiger partial charge on any atom is 0.259 e. The summed E-state index contributed by atoms with van der Waals surface area (Å²) in [5, 5.41) is 11.6. The van der Waals surface area contributed by atoms with Crippen LogP contribution in [0.3, 0.4) is 0 Å². The number of rotatable bonds is 10. The third-order valence-electron chi connectivity index (χ3n) is 8.81. The molecule has 2 aromatic heterocycles. The van der Waals surface area contributed by atoms with Crippen LogP contribution in [0.4, 0.5) is 11.4 Å². The van der Waals surface area contributed by atoms with Crippen LogP contribution in [-0.2, 0) is 0 Å². The maximum atomic E-state index is 13.8. The fourth-order valence-corrected chi connectivity index (χ4v) is 6.22. The summed E-state index contributed by atoms with van der Waals surface area (Å²) in [4.78, 5) is 36.5. The van der Waals surface area contributed by atoms with Crippen LogP contribution in [0, 0.1) is 0 Å². The lowest BCUT2D eigenvalue weighted by Gasteiger charge is -2.17. The smallest absolute Gasteiger partial charge is 0.259 e. The highest BCUT2D eigenvalue weighted by atomic mass is 16.5. The molecule has 0 aliphatic carbocycles. The molecule has 52 heavy (non-hydrogen) atoms. The molecule has 0 fully saturated rings. The van der Waals surface area contributed by atoms with Crippen molar-refractivity contribution in [3.8, 4) is 11.5 Å². The van der Waals surface area contributed by atoms with E-state index in [2.05, 4.69) is 27.2 Å². The molecule has 2 amide bonds. The topological polar surface area (TPSA) is 102 Å². The second-order valence-corrected chi connectivity index (χ2v) is 12.4. The highest BCUT2D eigenvalue weighted by Crippen LogP contribution is 2.31. The SMILES string of the molecule is C=C(COc1cc2ccccc2cc1C(=O)Nc1cccc2cccnc12)COc1cc2ccccc2cc1C(=O)Nc1cccc2cccnc12. The molecular weight excluding hydrogens is 649 g/mol. The summed E-state index contributed by atoms with van der Waals surface area (Å²) >= 11 is 0. The van der Waals surface area contributed by atoms with E-state index in [0.717, 1.165) is 32.3 Å². The Morgan fingerprint density at radius 1 is 0.500 bits per heavy atom. The first-order valence-electron chi connectivity index (χ1n) is 16.8. The van der Waals surface area contributed by atoms with Gasteiger partial charge in [0.1, 0.15) is 24.7 Å². The lowest BCUT2D eigenvalue weighted by molar-refractivity contribution is 0.101. The molecule has 6 aromatic carbocycles. The number of fused-ring (bicyclic) bond motifs is 4. The highest BCUT2D eigenvalue weighted by molar-refractivity contribution is 6.12. The Bertz CT molecular complexity index is 2480. The quantitative estimate of drug-likeness (QED) is 0.140. The van der Waals surface area contributed by atoms with Gasteiger partial charge in [-0.2, -0.15) is 0 Å². The lowest BCUT2D eigenvalue weighted by atomic mass is 10.0. The van der Waals surface area contributed by atoms with Crippen molar-refractivity contribution in [2.45, 2.75) is 0 Å². The third kappa shape index (κ3) is 6.60. The first kappa shape index (κ1) is 32.2. The van der Waals surface area contributed by atoms with Gasteiger partial charge in [0.05, 0.1) is 33.5 Å². The normalized spacial score (nSPS) is 11.1. The van der Waals surface area contributed by atoms with Gasteiger partial charge >= 0.3 is 0 Å². The zero-order valence-corrected chi connectivity index (χ0v) is 28.0. The molecule has 0 aliphatic heterocycles. The molecule has 0 spiro atoms. The van der Waals surface area contributed by atoms with Crippen LogP contribution in [0.15, 0.2) is 158 Å². The molecule has 8 heteroatoms. The van der Waals surface area contributed by atoms with Crippen LogP contribution in [-0.4, -0.2) is 35.0 Å². The molecule has 2 heterocycles. The van der Waals surface area contributed by atoms with Crippen molar-refractivity contribution in [1.82, 2.24) is 9.97 Å². The number of anilines is 2. The number of nitrogens with zero attached hydrogens (tertiary/aromatic N) is 2. The predicted molar refractivity (Wildman–Crippen MR) is 207 cm³/mol. The number of aromatic nitrogens is 2. The molecule has 0 saturated heterocycles. The average Bonchev–Trinajstić information content (AvgIpc) is 3.18. The Morgan fingerprint density at radius 2 is 0.885 bits per heavy atom. The second-order valence-electron chi connectivity index (χ2n) is 12.4. The van der Waals surface area contributed by atoms with Crippen molar-refractivity contribution >= 4 is 66.5 Å². The van der Waals surface area contributed by atoms with Crippen LogP contribution in [0.25, 0.3) is 43.4 Å². The molecule has 0 aliphatic rings. The van der Waals surface area contributed by atoms with E-state index < -0.39 is 0 Å². The summed E-state index contributed by atoms with van der Waals surface area (Å²) in [6.07, 6.45) is 3.40. The molecule has 8 rings (SSSR count). The molecule has 0 unspecified atom stereocenters. The highest BCUT2D eigenvalue weighted by Gasteiger charge is 2.19. The van der Waals surface area contributed by atoms with E-state index in [9.17, 15) is 9.59 Å². The summed E-state index contributed by atoms with van der Waals surface area (Å²) in [6, 6.07) is 41.9. The number of nitrogens with one attached hydrogen (secondary N) is 2. The Balaban J connectivity index is 1.02. The molecule has 0 bridgehead atoms. The molecule has 0 atom stereocenters. The molecule has 0 saturated carbocycles. The zero-order chi connectivity index (χ0) is 35.4. The Hall–Kier alpha value is -7.06. The van der Waals surface area contributed by atoms with Crippen LogP contribution >= 0.6 is 0 Å². The van der Waals surface area contributed by atoms with Gasteiger partial charge in [-0.3, -0.25) is 19.6 Å². The molecule has 8 nitrogen and oxygen atoms in total. The first-order chi connectivity index (χ1) is 25.5. The summed E-state index contributed by atoms with van der Waals surface area (Å²) in [6.45, 7) is 4.34. The van der Waals surface area contributed by atoms with Gasteiger partial charge in [0, 0.05) is 23.2 Å². The summed E-state index contributed by atoms with van der Waals surface area (Å²) < 4.78 is 12.5. The van der Waals surface area contributed by atoms with Crippen LogP contribution in [0.1, 0.15) is 20.7 Å². The number of amides is 2. The fraction of sp³-hybridized carbons (Fsp3) is 0.0455. The van der Waals surface area contributed by atoms with Crippen molar-refractivity contribution in [1.29, 1.82) is 0 Å². The monoisotopic (exact) mass is 680 g/mol. The van der Waals surface area contributed by atoms with E-state index in [1.165, 1.54) is 0 Å². The summed E-state index contributed by atoms with van der Waals surface area (Å²) in [7, 11) is 0. The van der Waals surface area contributed by atoms with Crippen LogP contribution in [0.5, 0.6) is 11.5 Å². The molecular formula is C44H32N4O4. The van der Waals surface area contributed by atoms with Gasteiger partial charge in [-0.25, -0.2) is 0 Å². The van der Waals surface area contributed by atoms with E-state index in [4.69, 9.17) is 9.47 Å². The Kier molecular flexibility index (Phi) is 8.69. The third-order valence-corrected chi connectivity index (χ3v) is 8.81. The minimum Gasteiger partial charge on any atom is -0.488 e. The van der Waals surface area contributed by atoms with Crippen LogP contribution < -0.4 is 20.1 Å². The van der Waals surface area contributed by atoms with Crippen molar-refractivity contribution < 1.29 is 19.1 Å². The van der Waals surface area contributed by atoms with E-state index in [1.54, 1.807) is 12.4 Å². The number of para-hydroxylation sites is 2. The molecule has 2 N–H and O–H groups in total. The largest absolute Gasteiger partial charge is 0.488 e. The standard InChI is InChI=1S/C44H32N4O4/c1-28(26-51-39-24-33-12-4-2-10-31(33)22-35(39)43(49)47-37-18-6-14-29-16-8-20-45-41(29)37)27-52-40-25-34-13-5-3-11-32(34)23-36(40)44(50)48-38-19-7-15-30-17-9-21-46-42(30)38/h2-25H,1,26-27H2,(H,47,49)(H,48,50). The lowest BCUT2D eigenvalue weighted by Crippen LogP contribution is -2.17. The minimum absolute atomic E-state index is 0.0746. The van der Waals surface area contributed by atoms with Crippen molar-refractivity contribution in [3.05, 3.63) is 169 Å². The van der Waals surface area contributed by atoms with E-state index in [1.807, 2.05) is 133 Å². The van der Waals surface area contributed by atoms with Gasteiger partial charge in [-0.15, -0.1) is 0 Å². The number of pyridine rings is 2. The Labute approximate surface area is 299 Å². The predicted octanol–water partition coefficient (Wildman–Crippen LogP) is 9.61. The number of hydrogen-bond acceptors (Lipinski definition) is 6. The molecule has 8 aromatic rings. The number of ether oxygens (including phenoxy) is 2. The van der Waals surface area contributed by atoms with Gasteiger partial charge in [-0.05, 0) is 75.6 Å². The zero-order valence-electron chi connectivity index (χ0n) is 28.0. The van der Waals surface area contributed by atoms with Crippen molar-refractivity contribution in [2.75, 3.05) is 23.8 Å². The molecule has 252 valence electrons. The van der Waals surface area contributed by atoms with E-state index in [-0.39, 0.29) is 25.0 Å². The van der Waals surface area contributed by atoms with Gasteiger partial charge in [0.15, 0.2) is 0 Å². The number of carbonyl (C=O) groups excluding carboxylic acids is 2. The summed E-state index contributed by atoms with van der Waals surface area (Å²) in [5.74, 6) is 0.156. The number of hydrogen-bond donors (Lipinski definition) is 2.